The van der Waals surface area contributed by atoms with Crippen LogP contribution in [0.5, 0.6) is 5.75 Å². The molecule has 4 amide bonds. The molecule has 4 unspecified atom stereocenters. The maximum absolute atomic E-state index is 14.2. The molecule has 53 heavy (non-hydrogen) atoms. The quantitative estimate of drug-likeness (QED) is 0.0539. The molecule has 13 nitrogen and oxygen atoms in total. The summed E-state index contributed by atoms with van der Waals surface area (Å²) < 4.78 is 0. The van der Waals surface area contributed by atoms with Crippen molar-refractivity contribution in [3.8, 4) is 5.75 Å². The standard InChI is InChI=1S/C38H54N6O7S2/c1-22(20-52)35(48)43-32(16-25-11-13-27(46)14-12-25)37(50)44-33(17-26-19-40-30-9-5-4-8-28(26)30)38(51)42-31(10-6-7-15-39)34(47)18-29(24(3)45)36(49)41-23(2)21-53/h4-5,8-9,11-14,19,22-24,29,31-33,40,45-46,52-53H,6-7,10,15-18,20-21,39H2,1-3H3,(H,41,49)(H,42,51)(H,43,48)(H,44,50)/t22?,23?,24?,29-,31-,32-,33?/m0/s1. The summed E-state index contributed by atoms with van der Waals surface area (Å²) in [7, 11) is 0. The molecule has 0 saturated carbocycles. The second-order valence-corrected chi connectivity index (χ2v) is 14.3. The number of aromatic nitrogens is 1. The van der Waals surface area contributed by atoms with Crippen molar-refractivity contribution in [2.24, 2.45) is 17.6 Å². The number of hydrogen-bond donors (Lipinski definition) is 10. The Kier molecular flexibility index (Phi) is 17.7. The van der Waals surface area contributed by atoms with Crippen molar-refractivity contribution < 1.29 is 34.2 Å². The van der Waals surface area contributed by atoms with Gasteiger partial charge in [0.1, 0.15) is 17.8 Å². The van der Waals surface area contributed by atoms with E-state index in [-0.39, 0.29) is 43.2 Å². The third-order valence-electron chi connectivity index (χ3n) is 9.12. The van der Waals surface area contributed by atoms with Crippen LogP contribution < -0.4 is 27.0 Å². The Morgan fingerprint density at radius 1 is 0.774 bits per heavy atom. The van der Waals surface area contributed by atoms with Crippen molar-refractivity contribution in [2.45, 2.75) is 89.6 Å². The molecule has 0 fully saturated rings. The van der Waals surface area contributed by atoms with Crippen LogP contribution >= 0.6 is 25.3 Å². The van der Waals surface area contributed by atoms with Crippen LogP contribution in [0, 0.1) is 11.8 Å². The Morgan fingerprint density at radius 3 is 2.02 bits per heavy atom. The number of H-pyrrole nitrogens is 1. The third-order valence-corrected chi connectivity index (χ3v) is 10.2. The minimum atomic E-state index is -1.19. The predicted molar refractivity (Wildman–Crippen MR) is 212 cm³/mol. The first-order valence-corrected chi connectivity index (χ1v) is 19.2. The normalized spacial score (nSPS) is 15.3. The van der Waals surface area contributed by atoms with Crippen LogP contribution in [0.3, 0.4) is 0 Å². The lowest BCUT2D eigenvalue weighted by Gasteiger charge is -2.27. The van der Waals surface area contributed by atoms with E-state index in [1.54, 1.807) is 32.2 Å². The maximum Gasteiger partial charge on any atom is 0.243 e. The fraction of sp³-hybridized carbons (Fsp3) is 0.500. The van der Waals surface area contributed by atoms with Gasteiger partial charge in [-0.1, -0.05) is 37.3 Å². The van der Waals surface area contributed by atoms with E-state index in [4.69, 9.17) is 5.73 Å². The van der Waals surface area contributed by atoms with E-state index in [0.717, 1.165) is 16.5 Å². The summed E-state index contributed by atoms with van der Waals surface area (Å²) in [5.74, 6) is -3.55. The molecule has 290 valence electrons. The number of fused-ring (bicyclic) bond motifs is 1. The largest absolute Gasteiger partial charge is 0.508 e. The van der Waals surface area contributed by atoms with Gasteiger partial charge < -0.3 is 42.2 Å². The zero-order valence-corrected chi connectivity index (χ0v) is 32.3. The van der Waals surface area contributed by atoms with Crippen molar-refractivity contribution >= 4 is 65.6 Å². The monoisotopic (exact) mass is 770 g/mol. The van der Waals surface area contributed by atoms with E-state index in [0.29, 0.717) is 30.7 Å². The van der Waals surface area contributed by atoms with Crippen molar-refractivity contribution in [3.63, 3.8) is 0 Å². The summed E-state index contributed by atoms with van der Waals surface area (Å²) in [6.45, 7) is 5.24. The first kappa shape index (κ1) is 43.4. The SMILES string of the molecule is CC(CS)NC(=O)[C@@H](CC(=O)[C@H](CCCCN)NC(=O)C(Cc1c[nH]c2ccccc12)NC(=O)[C@H](Cc1ccc(O)cc1)NC(=O)C(C)CS)C(C)O. The van der Waals surface area contributed by atoms with Crippen LogP contribution in [0.25, 0.3) is 10.9 Å². The zero-order chi connectivity index (χ0) is 39.1. The molecule has 2 aromatic carbocycles. The molecule has 0 aliphatic carbocycles. The number of unbranched alkanes of at least 4 members (excludes halogenated alkanes) is 1. The minimum absolute atomic E-state index is 0.0402. The number of phenols is 1. The Hall–Kier alpha value is -4.05. The van der Waals surface area contributed by atoms with Crippen LogP contribution in [0.15, 0.2) is 54.7 Å². The van der Waals surface area contributed by atoms with E-state index in [2.05, 4.69) is 51.5 Å². The van der Waals surface area contributed by atoms with Gasteiger partial charge in [0, 0.05) is 59.8 Å². The number of thiol groups is 2. The molecule has 0 aliphatic rings. The molecule has 0 spiro atoms. The number of aromatic hydroxyl groups is 1. The molecule has 1 aromatic heterocycles. The van der Waals surface area contributed by atoms with Crippen LogP contribution in [-0.2, 0) is 36.8 Å². The predicted octanol–water partition coefficient (Wildman–Crippen LogP) is 2.20. The Balaban J connectivity index is 1.95. The Bertz CT molecular complexity index is 1670. The number of nitrogens with two attached hydrogens (primary N) is 1. The van der Waals surface area contributed by atoms with Crippen molar-refractivity contribution in [1.29, 1.82) is 0 Å². The van der Waals surface area contributed by atoms with Gasteiger partial charge in [-0.25, -0.2) is 0 Å². The minimum Gasteiger partial charge on any atom is -0.508 e. The molecule has 0 aliphatic heterocycles. The van der Waals surface area contributed by atoms with E-state index >= 15 is 0 Å². The molecule has 3 rings (SSSR count). The van der Waals surface area contributed by atoms with Crippen molar-refractivity contribution in [3.05, 3.63) is 65.9 Å². The van der Waals surface area contributed by atoms with E-state index in [1.165, 1.54) is 19.1 Å². The smallest absolute Gasteiger partial charge is 0.243 e. The highest BCUT2D eigenvalue weighted by Gasteiger charge is 2.34. The lowest BCUT2D eigenvalue weighted by atomic mass is 9.91. The number of carbonyl (C=O) groups excluding carboxylic acids is 5. The van der Waals surface area contributed by atoms with Gasteiger partial charge in [0.05, 0.1) is 18.1 Å². The number of carbonyl (C=O) groups is 5. The summed E-state index contributed by atoms with van der Waals surface area (Å²) in [6.07, 6.45) is 1.68. The summed E-state index contributed by atoms with van der Waals surface area (Å²) >= 11 is 8.42. The van der Waals surface area contributed by atoms with E-state index < -0.39 is 65.5 Å². The van der Waals surface area contributed by atoms with Crippen LogP contribution in [0.4, 0.5) is 0 Å². The number of benzene rings is 2. The third kappa shape index (κ3) is 13.4. The number of phenolic OH excluding ortho intramolecular Hbond substituents is 1. The lowest BCUT2D eigenvalue weighted by molar-refractivity contribution is -0.136. The molecule has 3 aromatic rings. The number of ketones is 1. The van der Waals surface area contributed by atoms with Crippen LogP contribution in [0.1, 0.15) is 57.6 Å². The van der Waals surface area contributed by atoms with Gasteiger partial charge in [-0.2, -0.15) is 25.3 Å². The van der Waals surface area contributed by atoms with Gasteiger partial charge in [0.25, 0.3) is 0 Å². The van der Waals surface area contributed by atoms with Gasteiger partial charge in [-0.05, 0) is 69.0 Å². The number of amides is 4. The summed E-state index contributed by atoms with van der Waals surface area (Å²) in [6, 6.07) is 10.1. The molecule has 9 N–H and O–H groups in total. The van der Waals surface area contributed by atoms with Gasteiger partial charge in [0.15, 0.2) is 5.78 Å². The molecule has 1 heterocycles. The maximum atomic E-state index is 14.2. The van der Waals surface area contributed by atoms with Crippen molar-refractivity contribution in [1.82, 2.24) is 26.3 Å². The summed E-state index contributed by atoms with van der Waals surface area (Å²) in [5.41, 5.74) is 7.95. The second kappa shape index (κ2) is 21.6. The van der Waals surface area contributed by atoms with E-state index in [1.807, 2.05) is 24.3 Å². The molecule has 7 atom stereocenters. The van der Waals surface area contributed by atoms with Crippen LogP contribution in [-0.4, -0.2) is 92.9 Å². The Labute approximate surface area is 321 Å². The highest BCUT2D eigenvalue weighted by atomic mass is 32.1. The number of nitrogens with one attached hydrogen (secondary N) is 5. The topological polar surface area (TPSA) is 216 Å². The number of para-hydroxylation sites is 1. The highest BCUT2D eigenvalue weighted by molar-refractivity contribution is 7.80. The number of aliphatic hydroxyl groups is 1. The van der Waals surface area contributed by atoms with Gasteiger partial charge in [-0.15, -0.1) is 0 Å². The van der Waals surface area contributed by atoms with E-state index in [9.17, 15) is 34.2 Å². The van der Waals surface area contributed by atoms with Gasteiger partial charge in [-0.3, -0.25) is 24.0 Å². The molecule has 0 radical (unpaired) electrons. The summed E-state index contributed by atoms with van der Waals surface area (Å²) in [5, 5.41) is 32.3. The van der Waals surface area contributed by atoms with Crippen molar-refractivity contribution in [2.75, 3.05) is 18.1 Å². The Morgan fingerprint density at radius 2 is 1.40 bits per heavy atom. The lowest BCUT2D eigenvalue weighted by Crippen LogP contribution is -2.57. The first-order chi connectivity index (χ1) is 25.3. The average Bonchev–Trinajstić information content (AvgIpc) is 3.55. The van der Waals surface area contributed by atoms with Crippen LogP contribution in [0.2, 0.25) is 0 Å². The highest BCUT2D eigenvalue weighted by Crippen LogP contribution is 2.21. The molecular formula is C38H54N6O7S2. The molecule has 0 bridgehead atoms. The molecular weight excluding hydrogens is 717 g/mol. The summed E-state index contributed by atoms with van der Waals surface area (Å²) in [4.78, 5) is 71.3. The number of hydrogen-bond acceptors (Lipinski definition) is 10. The second-order valence-electron chi connectivity index (χ2n) is 13.6. The number of rotatable bonds is 22. The number of aromatic amines is 1. The zero-order valence-electron chi connectivity index (χ0n) is 30.5. The average molecular weight is 771 g/mol. The molecule has 15 heteroatoms. The fourth-order valence-electron chi connectivity index (χ4n) is 5.79. The van der Waals surface area contributed by atoms with Gasteiger partial charge in [0.2, 0.25) is 23.6 Å². The fourth-order valence-corrected chi connectivity index (χ4v) is 6.05. The van der Waals surface area contributed by atoms with Gasteiger partial charge >= 0.3 is 0 Å². The first-order valence-electron chi connectivity index (χ1n) is 17.9. The number of Topliss-reactive ketones (excluding diaryl/α,β-unsaturated/α-hetero) is 1. The number of aliphatic hydroxyl groups excluding tert-OH is 1. The molecule has 0 saturated heterocycles.